The number of nitrogens with one attached hydrogen (secondary N) is 1. The highest BCUT2D eigenvalue weighted by molar-refractivity contribution is 5.86. The van der Waals surface area contributed by atoms with Crippen molar-refractivity contribution in [3.05, 3.63) is 47.5 Å². The Labute approximate surface area is 144 Å². The van der Waals surface area contributed by atoms with Crippen LogP contribution < -0.4 is 5.43 Å². The smallest absolute Gasteiger partial charge is 0.288 e. The Morgan fingerprint density at radius 3 is 2.68 bits per heavy atom. The number of amides is 1. The van der Waals surface area contributed by atoms with Gasteiger partial charge in [0.25, 0.3) is 0 Å². The molecule has 3 nitrogen and oxygen atoms in total. The molecule has 0 spiro atoms. The average Bonchev–Trinajstić information content (AvgIpc) is 2.97. The van der Waals surface area contributed by atoms with E-state index in [1.54, 1.807) is 12.1 Å². The largest absolute Gasteiger partial charge is 0.409 e. The summed E-state index contributed by atoms with van der Waals surface area (Å²) in [5.74, 6) is -0.378. The number of fused-ring (bicyclic) bond motifs is 1. The minimum Gasteiger partial charge on any atom is -0.288 e. The van der Waals surface area contributed by atoms with Crippen molar-refractivity contribution in [1.29, 1.82) is 0 Å². The van der Waals surface area contributed by atoms with E-state index >= 15 is 0 Å². The Hall–Kier alpha value is -2.08. The second kappa shape index (κ2) is 7.04. The fourth-order valence-corrected chi connectivity index (χ4v) is 3.36. The second-order valence-corrected chi connectivity index (χ2v) is 6.42. The summed E-state index contributed by atoms with van der Waals surface area (Å²) in [6.45, 7) is 2.17. The topological polar surface area (TPSA) is 32.3 Å². The summed E-state index contributed by atoms with van der Waals surface area (Å²) in [6.07, 6.45) is -1.35. The summed E-state index contributed by atoms with van der Waals surface area (Å²) in [5, 5.41) is 2.78. The number of aryl methyl sites for hydroxylation is 1. The first-order chi connectivity index (χ1) is 11.9. The molecule has 1 aliphatic heterocycles. The monoisotopic (exact) mass is 350 g/mol. The molecule has 1 aliphatic rings. The summed E-state index contributed by atoms with van der Waals surface area (Å²) >= 11 is 0. The molecule has 6 heteroatoms. The molecule has 0 bridgehead atoms. The maximum Gasteiger partial charge on any atom is 0.409 e. The quantitative estimate of drug-likeness (QED) is 0.860. The number of rotatable bonds is 5. The van der Waals surface area contributed by atoms with Crippen molar-refractivity contribution < 1.29 is 18.0 Å². The number of carbonyl (C=O) groups is 1. The predicted octanol–water partition coefficient (Wildman–Crippen LogP) is 4.52. The van der Waals surface area contributed by atoms with Gasteiger partial charge < -0.3 is 0 Å². The lowest BCUT2D eigenvalue weighted by Gasteiger charge is -2.29. The van der Waals surface area contributed by atoms with Crippen molar-refractivity contribution in [2.75, 3.05) is 6.54 Å². The Kier molecular flexibility index (Phi) is 4.99. The van der Waals surface area contributed by atoms with Crippen LogP contribution in [0.25, 0.3) is 10.8 Å². The third-order valence-electron chi connectivity index (χ3n) is 4.58. The lowest BCUT2D eigenvalue weighted by molar-refractivity contribution is -0.191. The van der Waals surface area contributed by atoms with Gasteiger partial charge in [-0.25, -0.2) is 5.01 Å². The molecule has 0 saturated carbocycles. The Bertz CT molecular complexity index is 773. The molecule has 2 aromatic carbocycles. The van der Waals surface area contributed by atoms with E-state index in [1.165, 1.54) is 6.07 Å². The van der Waals surface area contributed by atoms with E-state index < -0.39 is 12.2 Å². The lowest BCUT2D eigenvalue weighted by atomic mass is 9.96. The van der Waals surface area contributed by atoms with Crippen molar-refractivity contribution in [2.24, 2.45) is 0 Å². The Balaban J connectivity index is 1.99. The zero-order chi connectivity index (χ0) is 18.0. The van der Waals surface area contributed by atoms with Gasteiger partial charge in [0.2, 0.25) is 5.91 Å². The third kappa shape index (κ3) is 3.79. The van der Waals surface area contributed by atoms with Crippen LogP contribution in [-0.2, 0) is 11.2 Å². The summed E-state index contributed by atoms with van der Waals surface area (Å²) in [6, 6.07) is 8.81. The van der Waals surface area contributed by atoms with E-state index in [0.29, 0.717) is 0 Å². The van der Waals surface area contributed by atoms with Crippen LogP contribution in [0.5, 0.6) is 0 Å². The summed E-state index contributed by atoms with van der Waals surface area (Å²) in [4.78, 5) is 11.4. The molecule has 0 aromatic heterocycles. The number of hydrogen-bond acceptors (Lipinski definition) is 2. The highest BCUT2D eigenvalue weighted by atomic mass is 19.4. The van der Waals surface area contributed by atoms with Gasteiger partial charge in [0.05, 0.1) is 0 Å². The van der Waals surface area contributed by atoms with Gasteiger partial charge in [-0.3, -0.25) is 10.2 Å². The molecule has 134 valence electrons. The first kappa shape index (κ1) is 17.7. The first-order valence-electron chi connectivity index (χ1n) is 8.54. The number of hydrazine groups is 1. The van der Waals surface area contributed by atoms with Gasteiger partial charge in [-0.05, 0) is 40.8 Å². The summed E-state index contributed by atoms with van der Waals surface area (Å²) < 4.78 is 40.9. The second-order valence-electron chi connectivity index (χ2n) is 6.42. The van der Waals surface area contributed by atoms with Gasteiger partial charge >= 0.3 is 6.18 Å². The maximum absolute atomic E-state index is 13.6. The first-order valence-corrected chi connectivity index (χ1v) is 8.54. The van der Waals surface area contributed by atoms with Crippen molar-refractivity contribution in [1.82, 2.24) is 10.4 Å². The van der Waals surface area contributed by atoms with Crippen LogP contribution in [0, 0.1) is 0 Å². The predicted molar refractivity (Wildman–Crippen MR) is 90.8 cm³/mol. The van der Waals surface area contributed by atoms with Gasteiger partial charge in [-0.15, -0.1) is 0 Å². The fraction of sp³-hybridized carbons (Fsp3) is 0.421. The zero-order valence-electron chi connectivity index (χ0n) is 14.1. The number of nitrogens with zero attached hydrogens (tertiary/aromatic N) is 1. The molecule has 1 saturated heterocycles. The van der Waals surface area contributed by atoms with Crippen LogP contribution in [0.15, 0.2) is 36.4 Å². The number of halogens is 3. The zero-order valence-corrected chi connectivity index (χ0v) is 14.1. The molecule has 1 heterocycles. The van der Waals surface area contributed by atoms with Gasteiger partial charge in [0.1, 0.15) is 6.04 Å². The molecule has 0 unspecified atom stereocenters. The van der Waals surface area contributed by atoms with Crippen LogP contribution in [0.3, 0.4) is 0 Å². The van der Waals surface area contributed by atoms with Gasteiger partial charge in [0.15, 0.2) is 0 Å². The molecule has 1 atom stereocenters. The third-order valence-corrected chi connectivity index (χ3v) is 4.58. The number of alkyl halides is 3. The normalized spacial score (nSPS) is 17.0. The van der Waals surface area contributed by atoms with Gasteiger partial charge in [-0.1, -0.05) is 43.7 Å². The lowest BCUT2D eigenvalue weighted by Crippen LogP contribution is -2.43. The molecule has 25 heavy (non-hydrogen) atoms. The van der Waals surface area contributed by atoms with Crippen molar-refractivity contribution in [3.8, 4) is 0 Å². The van der Waals surface area contributed by atoms with Crippen LogP contribution in [0.1, 0.15) is 43.4 Å². The van der Waals surface area contributed by atoms with E-state index in [4.69, 9.17) is 0 Å². The standard InChI is InChI=1S/C19H21F3N2O/c1-2-3-5-13-6-4-7-14-12-15(8-9-16(13)14)18(19(20,21)22)24-11-10-17(25)23-24/h4,6-9,12,18H,2-3,5,10-11H2,1H3,(H,23,25)/t18-/m0/s1. The minimum absolute atomic E-state index is 0.0532. The van der Waals surface area contributed by atoms with Crippen LogP contribution in [0.4, 0.5) is 13.2 Å². The van der Waals surface area contributed by atoms with Gasteiger partial charge in [0, 0.05) is 13.0 Å². The van der Waals surface area contributed by atoms with E-state index in [1.807, 2.05) is 18.2 Å². The van der Waals surface area contributed by atoms with Gasteiger partial charge in [-0.2, -0.15) is 13.2 Å². The van der Waals surface area contributed by atoms with E-state index in [-0.39, 0.29) is 24.4 Å². The molecule has 0 radical (unpaired) electrons. The fourth-order valence-electron chi connectivity index (χ4n) is 3.36. The SMILES string of the molecule is CCCCc1cccc2cc([C@H](N3CCC(=O)N3)C(F)(F)F)ccc12. The summed E-state index contributed by atoms with van der Waals surface area (Å²) in [5.41, 5.74) is 3.63. The van der Waals surface area contributed by atoms with E-state index in [2.05, 4.69) is 12.3 Å². The molecular formula is C19H21F3N2O. The minimum atomic E-state index is -4.47. The highest BCUT2D eigenvalue weighted by Gasteiger charge is 2.46. The number of carbonyl (C=O) groups excluding carboxylic acids is 1. The highest BCUT2D eigenvalue weighted by Crippen LogP contribution is 2.39. The van der Waals surface area contributed by atoms with E-state index in [9.17, 15) is 18.0 Å². The van der Waals surface area contributed by atoms with Crippen molar-refractivity contribution in [3.63, 3.8) is 0 Å². The maximum atomic E-state index is 13.6. The van der Waals surface area contributed by atoms with Crippen LogP contribution in [0.2, 0.25) is 0 Å². The molecule has 2 aromatic rings. The average molecular weight is 350 g/mol. The number of unbranched alkanes of at least 4 members (excludes halogenated alkanes) is 1. The van der Waals surface area contributed by atoms with Crippen molar-refractivity contribution >= 4 is 16.7 Å². The Morgan fingerprint density at radius 1 is 1.24 bits per heavy atom. The Morgan fingerprint density at radius 2 is 2.04 bits per heavy atom. The molecule has 1 N–H and O–H groups in total. The molecule has 3 rings (SSSR count). The molecule has 1 amide bonds. The van der Waals surface area contributed by atoms with Crippen molar-refractivity contribution in [2.45, 2.75) is 44.8 Å². The molecular weight excluding hydrogens is 329 g/mol. The number of hydrogen-bond donors (Lipinski definition) is 1. The van der Waals surface area contributed by atoms with Crippen LogP contribution >= 0.6 is 0 Å². The number of benzene rings is 2. The van der Waals surface area contributed by atoms with E-state index in [0.717, 1.165) is 40.6 Å². The van der Waals surface area contributed by atoms with Crippen LogP contribution in [-0.4, -0.2) is 23.6 Å². The molecule has 0 aliphatic carbocycles. The molecule has 1 fully saturated rings. The summed E-state index contributed by atoms with van der Waals surface area (Å²) in [7, 11) is 0.